The van der Waals surface area contributed by atoms with E-state index in [9.17, 15) is 28.3 Å². The zero-order valence-corrected chi connectivity index (χ0v) is 17.0. The molecule has 2 aromatic rings. The van der Waals surface area contributed by atoms with E-state index in [1.54, 1.807) is 6.92 Å². The molecule has 0 saturated carbocycles. The Morgan fingerprint density at radius 2 is 2.16 bits per heavy atom. The van der Waals surface area contributed by atoms with E-state index in [-0.39, 0.29) is 36.5 Å². The Balaban J connectivity index is 1.82. The van der Waals surface area contributed by atoms with Crippen molar-refractivity contribution in [3.8, 4) is 5.75 Å². The Morgan fingerprint density at radius 3 is 2.84 bits per heavy atom. The van der Waals surface area contributed by atoms with Crippen molar-refractivity contribution < 1.29 is 30.3 Å². The van der Waals surface area contributed by atoms with E-state index in [4.69, 9.17) is 6.85 Å². The summed E-state index contributed by atoms with van der Waals surface area (Å²) in [5.74, 6) is -4.48. The molecule has 3 heterocycles. The molecule has 0 spiro atoms. The lowest BCUT2D eigenvalue weighted by atomic mass is 10.0. The van der Waals surface area contributed by atoms with Gasteiger partial charge in [0, 0.05) is 38.1 Å². The Bertz CT molecular complexity index is 1350. The van der Waals surface area contributed by atoms with Crippen molar-refractivity contribution in [3.63, 3.8) is 0 Å². The zero-order valence-electron chi connectivity index (χ0n) is 22.0. The quantitative estimate of drug-likeness (QED) is 0.622. The summed E-state index contributed by atoms with van der Waals surface area (Å²) in [4.78, 5) is 40.8. The highest BCUT2D eigenvalue weighted by molar-refractivity contribution is 6.00. The Morgan fingerprint density at radius 1 is 1.38 bits per heavy atom. The standard InChI is InChI=1S/C22H24F2N4O4/c1-3-25-15-8-13-10-27(4-2)22(32)18-20(30)19(29)16(17(15)28(13)18)21(31)26-9-11-5-6-12(23)7-14(11)24/h5-7,13,15,25,30H,3-4,8-10H2,1-2H3,(H,26,31)/t13-,15+/m1/s1/i1D3,3D2. The molecule has 0 saturated heterocycles. The largest absolute Gasteiger partial charge is 0.503 e. The van der Waals surface area contributed by atoms with E-state index < -0.39 is 72.2 Å². The van der Waals surface area contributed by atoms with Crippen LogP contribution in [0.5, 0.6) is 5.75 Å². The molecule has 32 heavy (non-hydrogen) atoms. The smallest absolute Gasteiger partial charge is 0.274 e. The first-order valence-electron chi connectivity index (χ1n) is 12.5. The molecule has 8 nitrogen and oxygen atoms in total. The number of pyridine rings is 1. The van der Waals surface area contributed by atoms with E-state index in [0.717, 1.165) is 12.1 Å². The minimum Gasteiger partial charge on any atom is -0.503 e. The first-order chi connectivity index (χ1) is 17.2. The number of likely N-dealkylation sites (N-methyl/N-ethyl adjacent to an activating group) is 1. The second kappa shape index (κ2) is 8.34. The third-order valence-electron chi connectivity index (χ3n) is 5.86. The lowest BCUT2D eigenvalue weighted by Gasteiger charge is -2.33. The van der Waals surface area contributed by atoms with Crippen LogP contribution in [0.1, 0.15) is 71.2 Å². The summed E-state index contributed by atoms with van der Waals surface area (Å²) in [6.07, 6.45) is 0.0160. The number of aromatic hydroxyl groups is 1. The van der Waals surface area contributed by atoms with Gasteiger partial charge in [0.05, 0.1) is 17.8 Å². The van der Waals surface area contributed by atoms with Gasteiger partial charge < -0.3 is 25.2 Å². The maximum Gasteiger partial charge on any atom is 0.274 e. The second-order valence-electron chi connectivity index (χ2n) is 7.63. The van der Waals surface area contributed by atoms with Gasteiger partial charge in [-0.25, -0.2) is 8.78 Å². The number of halogens is 2. The zero-order chi connectivity index (χ0) is 27.4. The van der Waals surface area contributed by atoms with Crippen molar-refractivity contribution in [2.24, 2.45) is 0 Å². The molecule has 170 valence electrons. The number of nitrogens with zero attached hydrogens (tertiary/aromatic N) is 2. The maximum absolute atomic E-state index is 14.1. The molecule has 10 heteroatoms. The minimum atomic E-state index is -3.11. The average Bonchev–Trinajstić information content (AvgIpc) is 3.13. The fraction of sp³-hybridized carbons (Fsp3) is 0.409. The van der Waals surface area contributed by atoms with Crippen LogP contribution in [0.2, 0.25) is 0 Å². The number of benzene rings is 1. The number of carbonyl (C=O) groups excluding carboxylic acids is 2. The van der Waals surface area contributed by atoms with Crippen LogP contribution in [0.3, 0.4) is 0 Å². The Hall–Kier alpha value is -3.27. The Kier molecular flexibility index (Phi) is 4.27. The second-order valence-corrected chi connectivity index (χ2v) is 7.63. The SMILES string of the molecule is [2H]C([2H])([2H])C([2H])([2H])N[C@H]1C[C@@H]2CN(CC)C(=O)c3c(O)c(=O)c(C(=O)NCc4ccc(F)cc4F)c1n32. The van der Waals surface area contributed by atoms with Gasteiger partial charge in [0.25, 0.3) is 11.8 Å². The molecule has 0 unspecified atom stereocenters. The number of amides is 2. The third kappa shape index (κ3) is 3.44. The summed E-state index contributed by atoms with van der Waals surface area (Å²) in [7, 11) is 0. The van der Waals surface area contributed by atoms with E-state index in [2.05, 4.69) is 10.6 Å². The van der Waals surface area contributed by atoms with Crippen molar-refractivity contribution in [2.75, 3.05) is 19.6 Å². The van der Waals surface area contributed by atoms with Crippen molar-refractivity contribution in [1.82, 2.24) is 20.1 Å². The first kappa shape index (κ1) is 16.4. The van der Waals surface area contributed by atoms with Gasteiger partial charge in [0.1, 0.15) is 17.2 Å². The van der Waals surface area contributed by atoms with Gasteiger partial charge in [0.15, 0.2) is 11.4 Å². The molecule has 1 aromatic carbocycles. The van der Waals surface area contributed by atoms with Crippen LogP contribution in [0, 0.1) is 11.6 Å². The lowest BCUT2D eigenvalue weighted by Crippen LogP contribution is -2.44. The fourth-order valence-electron chi connectivity index (χ4n) is 4.39. The molecule has 3 N–H and O–H groups in total. The fourth-order valence-corrected chi connectivity index (χ4v) is 4.39. The molecule has 1 aromatic heterocycles. The van der Waals surface area contributed by atoms with Crippen LogP contribution >= 0.6 is 0 Å². The molecule has 2 aliphatic rings. The third-order valence-corrected chi connectivity index (χ3v) is 5.86. The molecule has 2 aliphatic heterocycles. The number of hydrogen-bond donors (Lipinski definition) is 3. The van der Waals surface area contributed by atoms with E-state index in [1.807, 2.05) is 0 Å². The first-order valence-corrected chi connectivity index (χ1v) is 9.98. The van der Waals surface area contributed by atoms with Crippen LogP contribution in [-0.2, 0) is 6.54 Å². The average molecular weight is 451 g/mol. The number of rotatable bonds is 6. The molecule has 2 amide bonds. The Labute approximate surface area is 189 Å². The van der Waals surface area contributed by atoms with Gasteiger partial charge in [-0.15, -0.1) is 0 Å². The molecule has 0 fully saturated rings. The number of carbonyl (C=O) groups is 2. The van der Waals surface area contributed by atoms with Gasteiger partial charge in [-0.1, -0.05) is 12.9 Å². The summed E-state index contributed by atoms with van der Waals surface area (Å²) < 4.78 is 67.1. The monoisotopic (exact) mass is 451 g/mol. The molecule has 2 atom stereocenters. The normalized spacial score (nSPS) is 22.4. The van der Waals surface area contributed by atoms with Crippen LogP contribution in [0.15, 0.2) is 23.0 Å². The summed E-state index contributed by atoms with van der Waals surface area (Å²) >= 11 is 0. The predicted octanol–water partition coefficient (Wildman–Crippen LogP) is 1.83. The van der Waals surface area contributed by atoms with Crippen molar-refractivity contribution in [2.45, 2.75) is 38.8 Å². The van der Waals surface area contributed by atoms with E-state index in [1.165, 1.54) is 9.47 Å². The van der Waals surface area contributed by atoms with Crippen LogP contribution < -0.4 is 16.1 Å². The van der Waals surface area contributed by atoms with Gasteiger partial charge >= 0.3 is 0 Å². The van der Waals surface area contributed by atoms with Crippen LogP contribution in [0.4, 0.5) is 8.78 Å². The summed E-state index contributed by atoms with van der Waals surface area (Å²) in [5, 5.41) is 15.4. The molecule has 0 bridgehead atoms. The molecule has 0 aliphatic carbocycles. The van der Waals surface area contributed by atoms with Gasteiger partial charge in [-0.05, 0) is 25.9 Å². The van der Waals surface area contributed by atoms with Gasteiger partial charge in [-0.2, -0.15) is 0 Å². The number of nitrogens with one attached hydrogen (secondary N) is 2. The molecular weight excluding hydrogens is 422 g/mol. The van der Waals surface area contributed by atoms with E-state index >= 15 is 0 Å². The maximum atomic E-state index is 14.1. The highest BCUT2D eigenvalue weighted by atomic mass is 19.1. The molecule has 4 rings (SSSR count). The summed E-state index contributed by atoms with van der Waals surface area (Å²) in [6, 6.07) is 0.911. The van der Waals surface area contributed by atoms with Gasteiger partial charge in [0.2, 0.25) is 5.43 Å². The molecular formula is C22H24F2N4O4. The molecule has 0 radical (unpaired) electrons. The summed E-state index contributed by atoms with van der Waals surface area (Å²) in [5.41, 5.74) is -2.47. The number of aromatic nitrogens is 1. The lowest BCUT2D eigenvalue weighted by molar-refractivity contribution is 0.0675. The number of hydrogen-bond acceptors (Lipinski definition) is 5. The van der Waals surface area contributed by atoms with Crippen LogP contribution in [0.25, 0.3) is 0 Å². The van der Waals surface area contributed by atoms with E-state index in [0.29, 0.717) is 6.07 Å². The van der Waals surface area contributed by atoms with Crippen molar-refractivity contribution >= 4 is 11.8 Å². The summed E-state index contributed by atoms with van der Waals surface area (Å²) in [6.45, 7) is -4.43. The topological polar surface area (TPSA) is 104 Å². The van der Waals surface area contributed by atoms with Crippen LogP contribution in [-0.4, -0.2) is 46.0 Å². The highest BCUT2D eigenvalue weighted by Gasteiger charge is 2.44. The highest BCUT2D eigenvalue weighted by Crippen LogP contribution is 2.42. The van der Waals surface area contributed by atoms with Crippen molar-refractivity contribution in [3.05, 3.63) is 62.6 Å². The van der Waals surface area contributed by atoms with Gasteiger partial charge in [-0.3, -0.25) is 14.4 Å². The predicted molar refractivity (Wildman–Crippen MR) is 112 cm³/mol. The van der Waals surface area contributed by atoms with Crippen molar-refractivity contribution in [1.29, 1.82) is 0 Å². The minimum absolute atomic E-state index is 0.0160.